The molecule has 1 aromatic carbocycles. The van der Waals surface area contributed by atoms with Crippen LogP contribution in [-0.4, -0.2) is 33.9 Å². The maximum Gasteiger partial charge on any atom is 0.416 e. The number of amidine groups is 1. The minimum atomic E-state index is -4.52. The molecule has 0 aliphatic rings. The SMILES string of the molecule is CSc1nc(N)nc(N[C@@H](CCCCC(=N)N)C(=O)Cc2cccc(C(F)(F)F)c2)c1C#N. The van der Waals surface area contributed by atoms with Crippen molar-refractivity contribution in [3.8, 4) is 6.07 Å². The first-order chi connectivity index (χ1) is 15.5. The van der Waals surface area contributed by atoms with E-state index in [9.17, 15) is 23.2 Å². The molecular weight excluding hydrogens is 455 g/mol. The maximum absolute atomic E-state index is 13.1. The van der Waals surface area contributed by atoms with Gasteiger partial charge in [0.25, 0.3) is 0 Å². The summed E-state index contributed by atoms with van der Waals surface area (Å²) in [7, 11) is 0. The Labute approximate surface area is 193 Å². The number of rotatable bonds is 11. The number of thioether (sulfide) groups is 1. The normalized spacial score (nSPS) is 12.1. The Morgan fingerprint density at radius 3 is 2.67 bits per heavy atom. The van der Waals surface area contributed by atoms with Crippen molar-refractivity contribution in [3.63, 3.8) is 0 Å². The van der Waals surface area contributed by atoms with Crippen molar-refractivity contribution in [2.75, 3.05) is 17.3 Å². The molecule has 0 saturated carbocycles. The van der Waals surface area contributed by atoms with Crippen LogP contribution in [0.15, 0.2) is 29.3 Å². The lowest BCUT2D eigenvalue weighted by Crippen LogP contribution is -2.32. The zero-order valence-corrected chi connectivity index (χ0v) is 18.7. The van der Waals surface area contributed by atoms with Crippen LogP contribution >= 0.6 is 11.8 Å². The fraction of sp³-hybridized carbons (Fsp3) is 0.381. The Kier molecular flexibility index (Phi) is 9.04. The van der Waals surface area contributed by atoms with Gasteiger partial charge in [0.1, 0.15) is 16.7 Å². The van der Waals surface area contributed by atoms with Gasteiger partial charge in [-0.05, 0) is 30.7 Å². The summed E-state index contributed by atoms with van der Waals surface area (Å²) in [5, 5.41) is 20.1. The van der Waals surface area contributed by atoms with Gasteiger partial charge in [-0.3, -0.25) is 10.2 Å². The van der Waals surface area contributed by atoms with Crippen LogP contribution in [0.5, 0.6) is 0 Å². The van der Waals surface area contributed by atoms with E-state index >= 15 is 0 Å². The highest BCUT2D eigenvalue weighted by molar-refractivity contribution is 7.98. The van der Waals surface area contributed by atoms with Crippen molar-refractivity contribution in [2.24, 2.45) is 5.73 Å². The molecule has 0 spiro atoms. The smallest absolute Gasteiger partial charge is 0.388 e. The lowest BCUT2D eigenvalue weighted by atomic mass is 9.97. The molecule has 2 aromatic rings. The number of nitrogens with two attached hydrogens (primary N) is 2. The van der Waals surface area contributed by atoms with Gasteiger partial charge in [0.05, 0.1) is 17.4 Å². The second kappa shape index (κ2) is 11.5. The van der Waals surface area contributed by atoms with Crippen LogP contribution in [-0.2, 0) is 17.4 Å². The number of anilines is 2. The van der Waals surface area contributed by atoms with Crippen molar-refractivity contribution in [1.29, 1.82) is 10.7 Å². The van der Waals surface area contributed by atoms with Gasteiger partial charge in [0.15, 0.2) is 11.6 Å². The zero-order chi connectivity index (χ0) is 24.6. The first-order valence-corrected chi connectivity index (χ1v) is 11.2. The van der Waals surface area contributed by atoms with E-state index in [1.807, 2.05) is 6.07 Å². The third-order valence-corrected chi connectivity index (χ3v) is 5.40. The van der Waals surface area contributed by atoms with Crippen LogP contribution in [0, 0.1) is 16.7 Å². The molecule has 0 bridgehead atoms. The molecule has 1 aromatic heterocycles. The Bertz CT molecular complexity index is 1050. The Morgan fingerprint density at radius 1 is 1.33 bits per heavy atom. The molecule has 0 unspecified atom stereocenters. The second-order valence-electron chi connectivity index (χ2n) is 7.24. The highest BCUT2D eigenvalue weighted by Crippen LogP contribution is 2.30. The maximum atomic E-state index is 13.1. The fourth-order valence-corrected chi connectivity index (χ4v) is 3.67. The quantitative estimate of drug-likeness (QED) is 0.125. The number of unbranched alkanes of at least 4 members (excludes halogenated alkanes) is 1. The Morgan fingerprint density at radius 2 is 2.06 bits per heavy atom. The highest BCUT2D eigenvalue weighted by Gasteiger charge is 2.31. The number of hydrogen-bond donors (Lipinski definition) is 4. The first kappa shape index (κ1) is 25.9. The summed E-state index contributed by atoms with van der Waals surface area (Å²) in [5.41, 5.74) is 10.6. The van der Waals surface area contributed by atoms with E-state index in [2.05, 4.69) is 15.3 Å². The standard InChI is InChI=1S/C21H24F3N7OS/c1-33-19-14(11-25)18(30-20(28)31-19)29-15(7-2-3-8-17(26)27)16(32)10-12-5-4-6-13(9-12)21(22,23)24/h4-6,9,15H,2-3,7-8,10H2,1H3,(H3,26,27)(H3,28,29,30,31)/t15-/m0/s1. The molecule has 12 heteroatoms. The fourth-order valence-electron chi connectivity index (χ4n) is 3.13. The number of benzene rings is 1. The van der Waals surface area contributed by atoms with Gasteiger partial charge in [0.2, 0.25) is 5.95 Å². The van der Waals surface area contributed by atoms with E-state index in [1.165, 1.54) is 23.9 Å². The van der Waals surface area contributed by atoms with Crippen LogP contribution in [0.4, 0.5) is 24.9 Å². The van der Waals surface area contributed by atoms with E-state index in [0.717, 1.165) is 12.1 Å². The number of nitrogen functional groups attached to an aromatic ring is 1. The summed E-state index contributed by atoms with van der Waals surface area (Å²) >= 11 is 1.19. The lowest BCUT2D eigenvalue weighted by molar-refractivity contribution is -0.137. The van der Waals surface area contributed by atoms with Gasteiger partial charge in [0, 0.05) is 12.8 Å². The largest absolute Gasteiger partial charge is 0.416 e. The van der Waals surface area contributed by atoms with Crippen molar-refractivity contribution >= 4 is 35.1 Å². The molecule has 0 aliphatic carbocycles. The van der Waals surface area contributed by atoms with Gasteiger partial charge < -0.3 is 16.8 Å². The Balaban J connectivity index is 2.29. The summed E-state index contributed by atoms with van der Waals surface area (Å²) < 4.78 is 39.1. The number of nitrogens with zero attached hydrogens (tertiary/aromatic N) is 3. The highest BCUT2D eigenvalue weighted by atomic mass is 32.2. The number of halogens is 3. The number of ketones is 1. The van der Waals surface area contributed by atoms with Gasteiger partial charge in [-0.2, -0.15) is 23.4 Å². The molecule has 6 N–H and O–H groups in total. The molecule has 0 amide bonds. The van der Waals surface area contributed by atoms with E-state index in [0.29, 0.717) is 30.7 Å². The van der Waals surface area contributed by atoms with Crippen molar-refractivity contribution < 1.29 is 18.0 Å². The van der Waals surface area contributed by atoms with Crippen LogP contribution < -0.4 is 16.8 Å². The van der Waals surface area contributed by atoms with Gasteiger partial charge in [-0.1, -0.05) is 24.6 Å². The summed E-state index contributed by atoms with van der Waals surface area (Å²) in [6, 6.07) is 5.75. The number of hydrogen-bond acceptors (Lipinski definition) is 8. The first-order valence-electron chi connectivity index (χ1n) is 9.95. The van der Waals surface area contributed by atoms with Crippen LogP contribution in [0.1, 0.15) is 42.4 Å². The van der Waals surface area contributed by atoms with E-state index in [4.69, 9.17) is 16.9 Å². The van der Waals surface area contributed by atoms with Gasteiger partial charge >= 0.3 is 6.18 Å². The van der Waals surface area contributed by atoms with Crippen LogP contribution in [0.2, 0.25) is 0 Å². The zero-order valence-electron chi connectivity index (χ0n) is 17.9. The predicted octanol–water partition coefficient (Wildman–Crippen LogP) is 3.76. The van der Waals surface area contributed by atoms with Crippen molar-refractivity contribution in [1.82, 2.24) is 9.97 Å². The van der Waals surface area contributed by atoms with Gasteiger partial charge in [-0.25, -0.2) is 4.98 Å². The number of Topliss-reactive ketones (excluding diaryl/α,β-unsaturated/α-hetero) is 1. The molecule has 1 atom stereocenters. The Hall–Kier alpha value is -3.33. The minimum absolute atomic E-state index is 0.0229. The number of carbonyl (C=O) groups excluding carboxylic acids is 1. The number of carbonyl (C=O) groups is 1. The van der Waals surface area contributed by atoms with Gasteiger partial charge in [-0.15, -0.1) is 11.8 Å². The van der Waals surface area contributed by atoms with Crippen LogP contribution in [0.25, 0.3) is 0 Å². The van der Waals surface area contributed by atoms with Crippen molar-refractivity contribution in [2.45, 2.75) is 49.3 Å². The summed E-state index contributed by atoms with van der Waals surface area (Å²) in [4.78, 5) is 21.1. The summed E-state index contributed by atoms with van der Waals surface area (Å²) in [5.74, 6) is -0.344. The molecular formula is C21H24F3N7OS. The van der Waals surface area contributed by atoms with E-state index in [1.54, 1.807) is 6.26 Å². The third-order valence-electron chi connectivity index (χ3n) is 4.72. The predicted molar refractivity (Wildman–Crippen MR) is 121 cm³/mol. The second-order valence-corrected chi connectivity index (χ2v) is 8.03. The summed E-state index contributed by atoms with van der Waals surface area (Å²) in [6.07, 6.45) is -1.32. The molecule has 8 nitrogen and oxygen atoms in total. The summed E-state index contributed by atoms with van der Waals surface area (Å²) in [6.45, 7) is 0. The average molecular weight is 480 g/mol. The number of nitriles is 1. The number of nitrogens with one attached hydrogen (secondary N) is 2. The molecule has 0 saturated heterocycles. The molecule has 33 heavy (non-hydrogen) atoms. The molecule has 2 rings (SSSR count). The van der Waals surface area contributed by atoms with E-state index < -0.39 is 17.8 Å². The topological polar surface area (TPSA) is 155 Å². The molecule has 0 fully saturated rings. The third kappa shape index (κ3) is 7.64. The lowest BCUT2D eigenvalue weighted by Gasteiger charge is -2.20. The molecule has 0 radical (unpaired) electrons. The molecule has 176 valence electrons. The molecule has 0 aliphatic heterocycles. The molecule has 1 heterocycles. The van der Waals surface area contributed by atoms with E-state index in [-0.39, 0.29) is 40.9 Å². The van der Waals surface area contributed by atoms with Crippen LogP contribution in [0.3, 0.4) is 0 Å². The average Bonchev–Trinajstić information content (AvgIpc) is 2.74. The monoisotopic (exact) mass is 479 g/mol. The number of alkyl halides is 3. The van der Waals surface area contributed by atoms with Crippen molar-refractivity contribution in [3.05, 3.63) is 41.0 Å². The minimum Gasteiger partial charge on any atom is -0.388 e. The number of aromatic nitrogens is 2.